The van der Waals surface area contributed by atoms with Gasteiger partial charge < -0.3 is 10.6 Å². The number of carbonyl (C=O) groups excluding carboxylic acids is 1. The highest BCUT2D eigenvalue weighted by molar-refractivity contribution is 5.92. The quantitative estimate of drug-likeness (QED) is 0.844. The molecule has 2 aliphatic rings. The minimum Gasteiger partial charge on any atom is -0.339 e. The monoisotopic (exact) mass is 380 g/mol. The lowest BCUT2D eigenvalue weighted by Crippen LogP contribution is -2.49. The second-order valence-corrected chi connectivity index (χ2v) is 6.72. The molecule has 0 spiro atoms. The van der Waals surface area contributed by atoms with Crippen molar-refractivity contribution in [2.75, 3.05) is 13.1 Å². The van der Waals surface area contributed by atoms with Crippen molar-refractivity contribution in [1.29, 1.82) is 0 Å². The highest BCUT2D eigenvalue weighted by atomic mass is 35.5. The van der Waals surface area contributed by atoms with E-state index in [4.69, 9.17) is 0 Å². The van der Waals surface area contributed by atoms with E-state index >= 15 is 0 Å². The third-order valence-electron chi connectivity index (χ3n) is 5.00. The van der Waals surface area contributed by atoms with Crippen molar-refractivity contribution in [2.45, 2.75) is 56.8 Å². The van der Waals surface area contributed by atoms with E-state index in [2.05, 4.69) is 15.7 Å². The summed E-state index contributed by atoms with van der Waals surface area (Å²) in [5.74, 6) is -1.27. The molecule has 2 heterocycles. The zero-order chi connectivity index (χ0) is 17.2. The third-order valence-corrected chi connectivity index (χ3v) is 5.00. The Labute approximate surface area is 151 Å². The van der Waals surface area contributed by atoms with Crippen molar-refractivity contribution >= 4 is 18.3 Å². The number of alkyl halides is 3. The molecule has 9 heteroatoms. The molecular formula is C16H24ClF3N4O. The molecule has 0 aromatic carbocycles. The highest BCUT2D eigenvalue weighted by Crippen LogP contribution is 2.35. The predicted octanol–water partition coefficient (Wildman–Crippen LogP) is 3.08. The van der Waals surface area contributed by atoms with Crippen LogP contribution in [-0.2, 0) is 0 Å². The fraction of sp³-hybridized carbons (Fsp3) is 0.750. The van der Waals surface area contributed by atoms with Crippen LogP contribution in [0.2, 0.25) is 0 Å². The maximum Gasteiger partial charge on any atom is 0.408 e. The molecule has 1 amide bonds. The molecule has 142 valence electrons. The first-order valence-electron chi connectivity index (χ1n) is 8.58. The second-order valence-electron chi connectivity index (χ2n) is 6.72. The Morgan fingerprint density at radius 3 is 2.60 bits per heavy atom. The average molecular weight is 381 g/mol. The Kier molecular flexibility index (Phi) is 6.73. The van der Waals surface area contributed by atoms with Gasteiger partial charge in [0.1, 0.15) is 11.7 Å². The molecule has 5 nitrogen and oxygen atoms in total. The number of piperidine rings is 1. The summed E-state index contributed by atoms with van der Waals surface area (Å²) in [6.45, 7) is 1.72. The first kappa shape index (κ1) is 20.0. The molecule has 3 rings (SSSR count). The Hall–Kier alpha value is -1.28. The second kappa shape index (κ2) is 8.40. The van der Waals surface area contributed by atoms with Gasteiger partial charge in [-0.05, 0) is 44.2 Å². The number of amides is 1. The Balaban J connectivity index is 0.00000225. The Morgan fingerprint density at radius 1 is 1.28 bits per heavy atom. The maximum atomic E-state index is 13.3. The average Bonchev–Trinajstić information content (AvgIpc) is 3.23. The van der Waals surface area contributed by atoms with Crippen LogP contribution >= 0.6 is 12.4 Å². The van der Waals surface area contributed by atoms with Gasteiger partial charge in [-0.2, -0.15) is 18.3 Å². The summed E-state index contributed by atoms with van der Waals surface area (Å²) in [4.78, 5) is 12.3. The van der Waals surface area contributed by atoms with Gasteiger partial charge in [0.05, 0.1) is 6.04 Å². The van der Waals surface area contributed by atoms with E-state index in [1.165, 1.54) is 6.07 Å². The highest BCUT2D eigenvalue weighted by Gasteiger charge is 2.46. The van der Waals surface area contributed by atoms with E-state index in [0.717, 1.165) is 38.8 Å². The van der Waals surface area contributed by atoms with Crippen LogP contribution in [0, 0.1) is 5.92 Å². The van der Waals surface area contributed by atoms with Gasteiger partial charge in [-0.15, -0.1) is 12.4 Å². The Morgan fingerprint density at radius 2 is 2.00 bits per heavy atom. The molecule has 1 aromatic rings. The van der Waals surface area contributed by atoms with Crippen LogP contribution in [0.5, 0.6) is 0 Å². The van der Waals surface area contributed by atoms with Gasteiger partial charge in [-0.25, -0.2) is 0 Å². The first-order valence-corrected chi connectivity index (χ1v) is 8.58. The minimum absolute atomic E-state index is 0. The lowest BCUT2D eigenvalue weighted by atomic mass is 9.97. The normalized spacial score (nSPS) is 23.1. The summed E-state index contributed by atoms with van der Waals surface area (Å²) in [5.41, 5.74) is 0.0489. The van der Waals surface area contributed by atoms with Crippen molar-refractivity contribution in [1.82, 2.24) is 20.4 Å². The van der Waals surface area contributed by atoms with Crippen LogP contribution in [-0.4, -0.2) is 41.0 Å². The molecule has 1 aliphatic carbocycles. The topological polar surface area (TPSA) is 59.0 Å². The van der Waals surface area contributed by atoms with Crippen LogP contribution in [0.4, 0.5) is 13.2 Å². The lowest BCUT2D eigenvalue weighted by molar-refractivity contribution is -0.164. The fourth-order valence-corrected chi connectivity index (χ4v) is 3.69. The number of carbonyl (C=O) groups is 1. The molecule has 1 aromatic heterocycles. The molecule has 2 unspecified atom stereocenters. The summed E-state index contributed by atoms with van der Waals surface area (Å²) >= 11 is 0. The molecule has 25 heavy (non-hydrogen) atoms. The molecule has 1 saturated carbocycles. The largest absolute Gasteiger partial charge is 0.408 e. The summed E-state index contributed by atoms with van der Waals surface area (Å²) in [7, 11) is 0. The summed E-state index contributed by atoms with van der Waals surface area (Å²) < 4.78 is 41.6. The minimum atomic E-state index is -4.43. The van der Waals surface area contributed by atoms with Gasteiger partial charge in [0.15, 0.2) is 0 Å². The maximum absolute atomic E-state index is 13.3. The molecule has 2 atom stereocenters. The number of hydrogen-bond acceptors (Lipinski definition) is 3. The van der Waals surface area contributed by atoms with Crippen LogP contribution in [0.15, 0.2) is 12.3 Å². The number of halogens is 4. The summed E-state index contributed by atoms with van der Waals surface area (Å²) in [5, 5.41) is 9.62. The third kappa shape index (κ3) is 4.88. The van der Waals surface area contributed by atoms with E-state index in [9.17, 15) is 18.0 Å². The number of nitrogens with zero attached hydrogens (tertiary/aromatic N) is 2. The number of nitrogens with one attached hydrogen (secondary N) is 2. The number of hydrogen-bond donors (Lipinski definition) is 2. The number of rotatable bonds is 4. The summed E-state index contributed by atoms with van der Waals surface area (Å²) in [6, 6.07) is -0.144. The van der Waals surface area contributed by atoms with Crippen molar-refractivity contribution < 1.29 is 18.0 Å². The van der Waals surface area contributed by atoms with Crippen LogP contribution in [0.3, 0.4) is 0 Å². The van der Waals surface area contributed by atoms with Gasteiger partial charge in [-0.1, -0.05) is 12.8 Å². The number of aromatic nitrogens is 2. The molecule has 1 saturated heterocycles. The zero-order valence-corrected chi connectivity index (χ0v) is 14.7. The van der Waals surface area contributed by atoms with Crippen molar-refractivity contribution in [2.24, 2.45) is 5.92 Å². The van der Waals surface area contributed by atoms with E-state index in [-0.39, 0.29) is 24.1 Å². The predicted molar refractivity (Wildman–Crippen MR) is 89.9 cm³/mol. The fourth-order valence-electron chi connectivity index (χ4n) is 3.69. The van der Waals surface area contributed by atoms with E-state index in [1.54, 1.807) is 10.9 Å². The van der Waals surface area contributed by atoms with Crippen LogP contribution < -0.4 is 10.6 Å². The smallest absolute Gasteiger partial charge is 0.339 e. The standard InChI is InChI=1S/C16H23F3N4O.ClH/c17-16(18,19)14(11-4-1-2-5-11)21-15(24)13-7-9-23(22-13)12-6-3-8-20-10-12;/h7,9,11-12,14,20H,1-6,8,10H2,(H,21,24);1H. The van der Waals surface area contributed by atoms with Crippen molar-refractivity contribution in [3.05, 3.63) is 18.0 Å². The van der Waals surface area contributed by atoms with E-state index in [1.807, 2.05) is 0 Å². The molecule has 0 bridgehead atoms. The van der Waals surface area contributed by atoms with E-state index < -0.39 is 24.0 Å². The van der Waals surface area contributed by atoms with E-state index in [0.29, 0.717) is 12.8 Å². The molecule has 0 radical (unpaired) electrons. The van der Waals surface area contributed by atoms with Gasteiger partial charge in [-0.3, -0.25) is 9.48 Å². The molecule has 1 aliphatic heterocycles. The Bertz CT molecular complexity index is 566. The molecular weight excluding hydrogens is 357 g/mol. The van der Waals surface area contributed by atoms with Gasteiger partial charge in [0, 0.05) is 12.7 Å². The van der Waals surface area contributed by atoms with Crippen molar-refractivity contribution in [3.63, 3.8) is 0 Å². The first-order chi connectivity index (χ1) is 11.4. The van der Waals surface area contributed by atoms with Gasteiger partial charge in [0.2, 0.25) is 0 Å². The zero-order valence-electron chi connectivity index (χ0n) is 13.9. The van der Waals surface area contributed by atoms with Crippen LogP contribution in [0.25, 0.3) is 0 Å². The van der Waals surface area contributed by atoms with Crippen molar-refractivity contribution in [3.8, 4) is 0 Å². The van der Waals surface area contributed by atoms with Gasteiger partial charge in [0.25, 0.3) is 5.91 Å². The molecule has 2 fully saturated rings. The summed E-state index contributed by atoms with van der Waals surface area (Å²) in [6.07, 6.45) is 1.80. The lowest BCUT2D eigenvalue weighted by Gasteiger charge is -2.26. The van der Waals surface area contributed by atoms with Crippen LogP contribution in [0.1, 0.15) is 55.1 Å². The van der Waals surface area contributed by atoms with Gasteiger partial charge >= 0.3 is 6.18 Å². The molecule has 2 N–H and O–H groups in total. The SMILES string of the molecule is Cl.O=C(NC(C1CCCC1)C(F)(F)F)c1ccn(C2CCCNC2)n1.